The lowest BCUT2D eigenvalue weighted by molar-refractivity contribution is -0.132. The number of esters is 1. The summed E-state index contributed by atoms with van der Waals surface area (Å²) in [5.41, 5.74) is 0.803. The van der Waals surface area contributed by atoms with Crippen molar-refractivity contribution < 1.29 is 28.6 Å². The van der Waals surface area contributed by atoms with Crippen molar-refractivity contribution in [2.75, 3.05) is 11.5 Å². The maximum Gasteiger partial charge on any atom is 0.350 e. The van der Waals surface area contributed by atoms with Gasteiger partial charge in [-0.2, -0.15) is 0 Å². The number of anilines is 1. The summed E-state index contributed by atoms with van der Waals surface area (Å²) in [7, 11) is 0. The average Bonchev–Trinajstić information content (AvgIpc) is 3.31. The molecule has 2 aromatic carbocycles. The number of hydrogen-bond acceptors (Lipinski definition) is 7. The Morgan fingerprint density at radius 3 is 2.44 bits per heavy atom. The average molecular weight is 501 g/mol. The van der Waals surface area contributed by atoms with Crippen LogP contribution in [0.5, 0.6) is 0 Å². The van der Waals surface area contributed by atoms with Crippen LogP contribution in [0, 0.1) is 12.7 Å². The van der Waals surface area contributed by atoms with Crippen molar-refractivity contribution in [3.8, 4) is 0 Å². The van der Waals surface area contributed by atoms with Gasteiger partial charge in [-0.1, -0.05) is 35.1 Å². The SMILES string of the molecule is CCOC(=O)c1sc(N2C(=O)C(=O)C(=C(O)c3ccc(F)cc3)[C@H]2c2ccc(Cl)cc2)nc1C. The Labute approximate surface area is 203 Å². The minimum Gasteiger partial charge on any atom is -0.507 e. The van der Waals surface area contributed by atoms with Gasteiger partial charge in [0, 0.05) is 10.6 Å². The van der Waals surface area contributed by atoms with E-state index in [-0.39, 0.29) is 27.8 Å². The molecule has 1 amide bonds. The number of ketones is 1. The second kappa shape index (κ2) is 9.36. The van der Waals surface area contributed by atoms with Crippen molar-refractivity contribution in [2.45, 2.75) is 19.9 Å². The van der Waals surface area contributed by atoms with E-state index in [2.05, 4.69) is 4.98 Å². The van der Waals surface area contributed by atoms with Gasteiger partial charge in [-0.25, -0.2) is 14.2 Å². The number of halogens is 2. The summed E-state index contributed by atoms with van der Waals surface area (Å²) >= 11 is 6.93. The molecule has 0 unspecified atom stereocenters. The van der Waals surface area contributed by atoms with Crippen LogP contribution in [0.3, 0.4) is 0 Å². The summed E-state index contributed by atoms with van der Waals surface area (Å²) in [6.07, 6.45) is 0. The molecule has 7 nitrogen and oxygen atoms in total. The number of ether oxygens (including phenoxy) is 1. The number of aliphatic hydroxyl groups is 1. The quantitative estimate of drug-likeness (QED) is 0.228. The Hall–Kier alpha value is -3.56. The number of Topliss-reactive ketones (excluding diaryl/α,β-unsaturated/α-hetero) is 1. The zero-order valence-corrected chi connectivity index (χ0v) is 19.6. The number of carbonyl (C=O) groups is 3. The third-order valence-corrected chi connectivity index (χ3v) is 6.59. The highest BCUT2D eigenvalue weighted by molar-refractivity contribution is 7.17. The molecule has 1 aliphatic rings. The molecule has 1 atom stereocenters. The van der Waals surface area contributed by atoms with E-state index >= 15 is 0 Å². The van der Waals surface area contributed by atoms with Gasteiger partial charge in [-0.3, -0.25) is 14.5 Å². The first-order valence-corrected chi connectivity index (χ1v) is 11.4. The standard InChI is InChI=1S/C24H18ClFN2O5S/c1-3-33-23(32)21-12(2)27-24(34-21)28-18(13-4-8-15(25)9-5-13)17(20(30)22(28)31)19(29)14-6-10-16(26)11-7-14/h4-11,18,29H,3H2,1-2H3/t18-/m1/s1. The Kier molecular flexibility index (Phi) is 6.49. The van der Waals surface area contributed by atoms with E-state index in [0.29, 0.717) is 16.3 Å². The number of rotatable bonds is 5. The van der Waals surface area contributed by atoms with Crippen LogP contribution in [0.1, 0.15) is 39.5 Å². The van der Waals surface area contributed by atoms with Crippen LogP contribution in [-0.2, 0) is 14.3 Å². The lowest BCUT2D eigenvalue weighted by Crippen LogP contribution is -2.29. The van der Waals surface area contributed by atoms with E-state index in [1.807, 2.05) is 0 Å². The van der Waals surface area contributed by atoms with Crippen LogP contribution in [0.25, 0.3) is 5.76 Å². The molecular formula is C24H18ClFN2O5S. The first-order valence-electron chi connectivity index (χ1n) is 10.2. The van der Waals surface area contributed by atoms with Crippen LogP contribution in [-0.4, -0.2) is 34.4 Å². The third kappa shape index (κ3) is 4.20. The summed E-state index contributed by atoms with van der Waals surface area (Å²) in [4.78, 5) is 44.3. The Bertz CT molecular complexity index is 1320. The molecular weight excluding hydrogens is 483 g/mol. The number of aromatic nitrogens is 1. The monoisotopic (exact) mass is 500 g/mol. The summed E-state index contributed by atoms with van der Waals surface area (Å²) in [6, 6.07) is 10.3. The molecule has 1 fully saturated rings. The predicted octanol–water partition coefficient (Wildman–Crippen LogP) is 5.05. The first kappa shape index (κ1) is 23.6. The van der Waals surface area contributed by atoms with Gasteiger partial charge in [-0.15, -0.1) is 0 Å². The number of nitrogens with zero attached hydrogens (tertiary/aromatic N) is 2. The van der Waals surface area contributed by atoms with Crippen LogP contribution >= 0.6 is 22.9 Å². The minimum absolute atomic E-state index is 0.0979. The zero-order valence-electron chi connectivity index (χ0n) is 18.0. The number of aliphatic hydroxyl groups excluding tert-OH is 1. The minimum atomic E-state index is -1.05. The van der Waals surface area contributed by atoms with E-state index in [1.54, 1.807) is 38.1 Å². The maximum atomic E-state index is 13.4. The molecule has 0 bridgehead atoms. The van der Waals surface area contributed by atoms with E-state index < -0.39 is 35.3 Å². The molecule has 1 aromatic heterocycles. The van der Waals surface area contributed by atoms with Crippen LogP contribution in [0.2, 0.25) is 5.02 Å². The predicted molar refractivity (Wildman–Crippen MR) is 125 cm³/mol. The fourth-order valence-electron chi connectivity index (χ4n) is 3.62. The van der Waals surface area contributed by atoms with Crippen molar-refractivity contribution in [3.63, 3.8) is 0 Å². The lowest BCUT2D eigenvalue weighted by atomic mass is 9.95. The van der Waals surface area contributed by atoms with Crippen molar-refractivity contribution >= 4 is 51.5 Å². The highest BCUT2D eigenvalue weighted by Gasteiger charge is 2.48. The third-order valence-electron chi connectivity index (χ3n) is 5.20. The van der Waals surface area contributed by atoms with Gasteiger partial charge in [0.25, 0.3) is 5.78 Å². The van der Waals surface area contributed by atoms with Crippen LogP contribution in [0.4, 0.5) is 9.52 Å². The normalized spacial score (nSPS) is 17.3. The van der Waals surface area contributed by atoms with Crippen LogP contribution < -0.4 is 4.90 Å². The first-order chi connectivity index (χ1) is 16.2. The van der Waals surface area contributed by atoms with E-state index in [4.69, 9.17) is 16.3 Å². The molecule has 2 heterocycles. The zero-order chi connectivity index (χ0) is 24.6. The van der Waals surface area contributed by atoms with Crippen molar-refractivity contribution in [3.05, 3.63) is 86.6 Å². The molecule has 174 valence electrons. The molecule has 1 N–H and O–H groups in total. The molecule has 3 aromatic rings. The molecule has 10 heteroatoms. The number of carbonyl (C=O) groups excluding carboxylic acids is 3. The van der Waals surface area contributed by atoms with E-state index in [1.165, 1.54) is 12.1 Å². The van der Waals surface area contributed by atoms with Crippen molar-refractivity contribution in [1.29, 1.82) is 0 Å². The van der Waals surface area contributed by atoms with Gasteiger partial charge in [-0.05, 0) is 55.8 Å². The smallest absolute Gasteiger partial charge is 0.350 e. The second-order valence-electron chi connectivity index (χ2n) is 7.36. The number of amides is 1. The maximum absolute atomic E-state index is 13.4. The molecule has 4 rings (SSSR count). The molecule has 0 aliphatic carbocycles. The fourth-order valence-corrected chi connectivity index (χ4v) is 4.74. The van der Waals surface area contributed by atoms with E-state index in [0.717, 1.165) is 28.4 Å². The lowest BCUT2D eigenvalue weighted by Gasteiger charge is -2.23. The summed E-state index contributed by atoms with van der Waals surface area (Å²) < 4.78 is 18.5. The van der Waals surface area contributed by atoms with Gasteiger partial charge >= 0.3 is 11.9 Å². The Morgan fingerprint density at radius 2 is 1.82 bits per heavy atom. The summed E-state index contributed by atoms with van der Waals surface area (Å²) in [5.74, 6) is -3.43. The number of benzene rings is 2. The molecule has 34 heavy (non-hydrogen) atoms. The van der Waals surface area contributed by atoms with Gasteiger partial charge < -0.3 is 9.84 Å². The van der Waals surface area contributed by atoms with Gasteiger partial charge in [0.15, 0.2) is 5.13 Å². The summed E-state index contributed by atoms with van der Waals surface area (Å²) in [6.45, 7) is 3.43. The van der Waals surface area contributed by atoms with Gasteiger partial charge in [0.05, 0.1) is 23.9 Å². The van der Waals surface area contributed by atoms with Crippen molar-refractivity contribution in [2.24, 2.45) is 0 Å². The number of aryl methyl sites for hydroxylation is 1. The van der Waals surface area contributed by atoms with Crippen molar-refractivity contribution in [1.82, 2.24) is 4.98 Å². The Morgan fingerprint density at radius 1 is 1.18 bits per heavy atom. The molecule has 1 saturated heterocycles. The molecule has 1 aliphatic heterocycles. The molecule has 0 radical (unpaired) electrons. The largest absolute Gasteiger partial charge is 0.507 e. The van der Waals surface area contributed by atoms with E-state index in [9.17, 15) is 23.9 Å². The number of hydrogen-bond donors (Lipinski definition) is 1. The molecule has 0 saturated carbocycles. The van der Waals surface area contributed by atoms with Gasteiger partial charge in [0.2, 0.25) is 0 Å². The fraction of sp³-hybridized carbons (Fsp3) is 0.167. The Balaban J connectivity index is 1.90. The summed E-state index contributed by atoms with van der Waals surface area (Å²) in [5, 5.41) is 11.5. The topological polar surface area (TPSA) is 96.8 Å². The number of thiazole rings is 1. The van der Waals surface area contributed by atoms with Crippen LogP contribution in [0.15, 0.2) is 54.1 Å². The highest BCUT2D eigenvalue weighted by Crippen LogP contribution is 2.44. The second-order valence-corrected chi connectivity index (χ2v) is 8.77. The highest BCUT2D eigenvalue weighted by atomic mass is 35.5. The molecule has 0 spiro atoms. The van der Waals surface area contributed by atoms with Gasteiger partial charge in [0.1, 0.15) is 16.5 Å².